The fraction of sp³-hybridized carbons (Fsp3) is 0.211. The van der Waals surface area contributed by atoms with Gasteiger partial charge in [-0.3, -0.25) is 0 Å². The first-order valence-corrected chi connectivity index (χ1v) is 8.62. The average Bonchev–Trinajstić information content (AvgIpc) is 2.58. The summed E-state index contributed by atoms with van der Waals surface area (Å²) in [5.41, 5.74) is 3.25. The second kappa shape index (κ2) is 6.99. The third-order valence-corrected chi connectivity index (χ3v) is 4.85. The molecule has 0 saturated heterocycles. The molecule has 0 amide bonds. The topological polar surface area (TPSA) is 76.1 Å². The lowest BCUT2D eigenvalue weighted by Crippen LogP contribution is -2.01. The zero-order valence-corrected chi connectivity index (χ0v) is 14.9. The van der Waals surface area contributed by atoms with Gasteiger partial charge in [0.25, 0.3) is 0 Å². The summed E-state index contributed by atoms with van der Waals surface area (Å²) in [6, 6.07) is 11.0. The molecular formula is C19H16N2O3S. The van der Waals surface area contributed by atoms with E-state index < -0.39 is 5.63 Å². The molecule has 1 aromatic carbocycles. The van der Waals surface area contributed by atoms with E-state index in [1.165, 1.54) is 17.8 Å². The van der Waals surface area contributed by atoms with Crippen LogP contribution in [0.15, 0.2) is 44.6 Å². The molecule has 5 nitrogen and oxygen atoms in total. The van der Waals surface area contributed by atoms with Crippen molar-refractivity contribution in [2.45, 2.75) is 24.6 Å². The van der Waals surface area contributed by atoms with Crippen LogP contribution in [-0.4, -0.2) is 12.1 Å². The van der Waals surface area contributed by atoms with E-state index in [4.69, 9.17) is 9.15 Å². The highest BCUT2D eigenvalue weighted by atomic mass is 32.2. The minimum absolute atomic E-state index is 0.412. The van der Waals surface area contributed by atoms with Crippen molar-refractivity contribution in [1.82, 2.24) is 4.98 Å². The van der Waals surface area contributed by atoms with E-state index in [-0.39, 0.29) is 0 Å². The second-order valence-electron chi connectivity index (χ2n) is 5.61. The molecule has 2 heterocycles. The Kier molecular flexibility index (Phi) is 4.77. The monoisotopic (exact) mass is 352 g/mol. The lowest BCUT2D eigenvalue weighted by molar-refractivity contribution is 0.414. The summed E-state index contributed by atoms with van der Waals surface area (Å²) < 4.78 is 10.4. The highest BCUT2D eigenvalue weighted by molar-refractivity contribution is 7.98. The molecule has 0 atom stereocenters. The summed E-state index contributed by atoms with van der Waals surface area (Å²) in [5, 5.41) is 10.9. The number of benzene rings is 1. The number of fused-ring (bicyclic) bond motifs is 1. The van der Waals surface area contributed by atoms with Crippen molar-refractivity contribution in [1.29, 1.82) is 5.26 Å². The van der Waals surface area contributed by atoms with Gasteiger partial charge in [-0.15, -0.1) is 11.8 Å². The Morgan fingerprint density at radius 1 is 1.28 bits per heavy atom. The number of methoxy groups -OCH3 is 1. The Hall–Kier alpha value is -2.78. The van der Waals surface area contributed by atoms with Gasteiger partial charge in [0.05, 0.1) is 12.7 Å². The molecule has 0 bridgehead atoms. The third-order valence-electron chi connectivity index (χ3n) is 3.83. The molecule has 0 aliphatic rings. The first-order chi connectivity index (χ1) is 12.0. The zero-order valence-electron chi connectivity index (χ0n) is 14.1. The van der Waals surface area contributed by atoms with Gasteiger partial charge < -0.3 is 9.15 Å². The number of pyridine rings is 1. The summed E-state index contributed by atoms with van der Waals surface area (Å²) >= 11 is 1.44. The Labute approximate surface area is 149 Å². The van der Waals surface area contributed by atoms with E-state index in [1.807, 2.05) is 32.0 Å². The van der Waals surface area contributed by atoms with Crippen molar-refractivity contribution in [3.8, 4) is 11.8 Å². The van der Waals surface area contributed by atoms with Gasteiger partial charge in [-0.1, -0.05) is 0 Å². The smallest absolute Gasteiger partial charge is 0.336 e. The molecule has 0 fully saturated rings. The number of thioether (sulfide) groups is 1. The van der Waals surface area contributed by atoms with Crippen LogP contribution in [0.25, 0.3) is 11.0 Å². The molecule has 126 valence electrons. The van der Waals surface area contributed by atoms with Crippen LogP contribution in [0, 0.1) is 25.2 Å². The Bertz CT molecular complexity index is 1050. The van der Waals surface area contributed by atoms with E-state index in [9.17, 15) is 10.1 Å². The van der Waals surface area contributed by atoms with E-state index in [0.29, 0.717) is 27.7 Å². The first-order valence-electron chi connectivity index (χ1n) is 7.63. The van der Waals surface area contributed by atoms with E-state index in [0.717, 1.165) is 22.2 Å². The minimum Gasteiger partial charge on any atom is -0.497 e. The fourth-order valence-corrected chi connectivity index (χ4v) is 3.74. The highest BCUT2D eigenvalue weighted by Gasteiger charge is 2.12. The van der Waals surface area contributed by atoms with Crippen LogP contribution in [0.5, 0.6) is 5.75 Å². The molecule has 3 rings (SSSR count). The third kappa shape index (κ3) is 3.52. The zero-order chi connectivity index (χ0) is 18.0. The standard InChI is InChI=1S/C19H16N2O3S/c1-11-6-12(2)21-19(16(11)9-20)25-10-13-7-18(22)24-17-8-14(23-3)4-5-15(13)17/h4-8H,10H2,1-3H3. The van der Waals surface area contributed by atoms with Crippen molar-refractivity contribution in [3.05, 3.63) is 63.1 Å². The van der Waals surface area contributed by atoms with Gasteiger partial charge in [-0.2, -0.15) is 5.26 Å². The van der Waals surface area contributed by atoms with E-state index >= 15 is 0 Å². The summed E-state index contributed by atoms with van der Waals surface area (Å²) in [4.78, 5) is 16.3. The summed E-state index contributed by atoms with van der Waals surface area (Å²) in [5.74, 6) is 1.14. The number of rotatable bonds is 4. The molecule has 25 heavy (non-hydrogen) atoms. The molecule has 0 N–H and O–H groups in total. The maximum atomic E-state index is 11.9. The molecule has 0 aliphatic heterocycles. The Morgan fingerprint density at radius 2 is 2.08 bits per heavy atom. The fourth-order valence-electron chi connectivity index (χ4n) is 2.65. The number of ether oxygens (including phenoxy) is 1. The maximum absolute atomic E-state index is 11.9. The lowest BCUT2D eigenvalue weighted by atomic mass is 10.1. The van der Waals surface area contributed by atoms with Crippen LogP contribution in [-0.2, 0) is 5.75 Å². The van der Waals surface area contributed by atoms with Crippen LogP contribution in [0.1, 0.15) is 22.4 Å². The first kappa shape index (κ1) is 17.1. The molecule has 2 aromatic heterocycles. The molecular weight excluding hydrogens is 336 g/mol. The van der Waals surface area contributed by atoms with Crippen LogP contribution in [0.2, 0.25) is 0 Å². The molecule has 0 saturated carbocycles. The van der Waals surface area contributed by atoms with E-state index in [2.05, 4.69) is 11.1 Å². The van der Waals surface area contributed by atoms with Crippen LogP contribution >= 0.6 is 11.8 Å². The van der Waals surface area contributed by atoms with Gasteiger partial charge in [0, 0.05) is 29.0 Å². The number of hydrogen-bond acceptors (Lipinski definition) is 6. The predicted molar refractivity (Wildman–Crippen MR) is 97.0 cm³/mol. The normalized spacial score (nSPS) is 10.6. The van der Waals surface area contributed by atoms with Gasteiger partial charge >= 0.3 is 5.63 Å². The molecule has 3 aromatic rings. The van der Waals surface area contributed by atoms with Gasteiger partial charge in [0.2, 0.25) is 0 Å². The summed E-state index contributed by atoms with van der Waals surface area (Å²) in [6.07, 6.45) is 0. The quantitative estimate of drug-likeness (QED) is 0.522. The Morgan fingerprint density at radius 3 is 2.80 bits per heavy atom. The van der Waals surface area contributed by atoms with Crippen molar-refractivity contribution in [3.63, 3.8) is 0 Å². The number of hydrogen-bond donors (Lipinski definition) is 0. The number of aromatic nitrogens is 1. The number of nitriles is 1. The van der Waals surface area contributed by atoms with E-state index in [1.54, 1.807) is 13.2 Å². The Balaban J connectivity index is 2.00. The van der Waals surface area contributed by atoms with Gasteiger partial charge in [-0.05, 0) is 43.2 Å². The second-order valence-corrected chi connectivity index (χ2v) is 6.58. The summed E-state index contributed by atoms with van der Waals surface area (Å²) in [7, 11) is 1.56. The van der Waals surface area contributed by atoms with Crippen molar-refractivity contribution < 1.29 is 9.15 Å². The minimum atomic E-state index is -0.412. The predicted octanol–water partition coefficient (Wildman–Crippen LogP) is 3.98. The lowest BCUT2D eigenvalue weighted by Gasteiger charge is -2.09. The van der Waals surface area contributed by atoms with Gasteiger partial charge in [-0.25, -0.2) is 9.78 Å². The van der Waals surface area contributed by atoms with Crippen molar-refractivity contribution in [2.24, 2.45) is 0 Å². The molecule has 6 heteroatoms. The average molecular weight is 352 g/mol. The maximum Gasteiger partial charge on any atom is 0.336 e. The van der Waals surface area contributed by atoms with Crippen molar-refractivity contribution >= 4 is 22.7 Å². The number of aryl methyl sites for hydroxylation is 2. The number of nitrogens with zero attached hydrogens (tertiary/aromatic N) is 2. The molecule has 0 aliphatic carbocycles. The molecule has 0 unspecified atom stereocenters. The molecule has 0 spiro atoms. The van der Waals surface area contributed by atoms with Crippen LogP contribution in [0.4, 0.5) is 0 Å². The summed E-state index contributed by atoms with van der Waals surface area (Å²) in [6.45, 7) is 3.80. The van der Waals surface area contributed by atoms with Crippen LogP contribution < -0.4 is 10.4 Å². The highest BCUT2D eigenvalue weighted by Crippen LogP contribution is 2.30. The van der Waals surface area contributed by atoms with Crippen LogP contribution in [0.3, 0.4) is 0 Å². The van der Waals surface area contributed by atoms with Gasteiger partial charge in [0.15, 0.2) is 0 Å². The molecule has 0 radical (unpaired) electrons. The SMILES string of the molecule is COc1ccc2c(CSc3nc(C)cc(C)c3C#N)cc(=O)oc2c1. The largest absolute Gasteiger partial charge is 0.497 e. The van der Waals surface area contributed by atoms with Gasteiger partial charge in [0.1, 0.15) is 22.4 Å². The van der Waals surface area contributed by atoms with Crippen molar-refractivity contribution in [2.75, 3.05) is 7.11 Å².